The molecule has 0 amide bonds. The summed E-state index contributed by atoms with van der Waals surface area (Å²) in [5.74, 6) is 1.94. The van der Waals surface area contributed by atoms with E-state index < -0.39 is 0 Å². The zero-order valence-corrected chi connectivity index (χ0v) is 11.3. The predicted molar refractivity (Wildman–Crippen MR) is 77.1 cm³/mol. The third-order valence-electron chi connectivity index (χ3n) is 4.84. The molecule has 4 heterocycles. The highest BCUT2D eigenvalue weighted by Gasteiger charge is 2.36. The van der Waals surface area contributed by atoms with Crippen LogP contribution in [0.4, 0.5) is 5.69 Å². The number of anilines is 1. The Kier molecular flexibility index (Phi) is 2.36. The molecule has 1 aromatic carbocycles. The topological polar surface area (TPSA) is 47.1 Å². The molecule has 0 spiro atoms. The standard InChI is InChI=1S/C15H20N4/c1-10-17-13-8-12(16)2-3-14(13)19(10)15-9-18-6-4-11(15)5-7-18/h2-3,8,11,15H,4-7,9,16H2,1H3. The molecular weight excluding hydrogens is 236 g/mol. The Morgan fingerprint density at radius 3 is 2.74 bits per heavy atom. The van der Waals surface area contributed by atoms with Crippen LogP contribution in [0.3, 0.4) is 0 Å². The molecule has 2 aromatic rings. The van der Waals surface area contributed by atoms with E-state index in [4.69, 9.17) is 10.7 Å². The highest BCUT2D eigenvalue weighted by molar-refractivity contribution is 5.79. The molecular formula is C15H20N4. The van der Waals surface area contributed by atoms with Crippen LogP contribution in [0.5, 0.6) is 0 Å². The summed E-state index contributed by atoms with van der Waals surface area (Å²) in [6.07, 6.45) is 2.66. The molecule has 3 aliphatic heterocycles. The number of nitrogen functional groups attached to an aromatic ring is 1. The summed E-state index contributed by atoms with van der Waals surface area (Å²) < 4.78 is 2.45. The van der Waals surface area contributed by atoms with Gasteiger partial charge in [-0.3, -0.25) is 0 Å². The second-order valence-electron chi connectivity index (χ2n) is 5.98. The Bertz CT molecular complexity index is 622. The molecule has 0 saturated carbocycles. The summed E-state index contributed by atoms with van der Waals surface area (Å²) in [5, 5.41) is 0. The van der Waals surface area contributed by atoms with Crippen LogP contribution in [-0.2, 0) is 0 Å². The number of hydrogen-bond donors (Lipinski definition) is 1. The second kappa shape index (κ2) is 3.97. The SMILES string of the molecule is Cc1nc2cc(N)ccc2n1C1CN2CCC1CC2. The summed E-state index contributed by atoms with van der Waals surface area (Å²) in [4.78, 5) is 7.29. The van der Waals surface area contributed by atoms with Gasteiger partial charge in [0.05, 0.1) is 17.1 Å². The Morgan fingerprint density at radius 2 is 2.05 bits per heavy atom. The van der Waals surface area contributed by atoms with Crippen molar-refractivity contribution < 1.29 is 0 Å². The maximum atomic E-state index is 5.86. The largest absolute Gasteiger partial charge is 0.399 e. The number of rotatable bonds is 1. The fraction of sp³-hybridized carbons (Fsp3) is 0.533. The Morgan fingerprint density at radius 1 is 1.26 bits per heavy atom. The maximum Gasteiger partial charge on any atom is 0.107 e. The van der Waals surface area contributed by atoms with Gasteiger partial charge in [-0.2, -0.15) is 0 Å². The first-order chi connectivity index (χ1) is 9.22. The number of aryl methyl sites for hydroxylation is 1. The van der Waals surface area contributed by atoms with E-state index in [1.165, 1.54) is 38.0 Å². The monoisotopic (exact) mass is 256 g/mol. The van der Waals surface area contributed by atoms with E-state index >= 15 is 0 Å². The van der Waals surface area contributed by atoms with Crippen molar-refractivity contribution >= 4 is 16.7 Å². The van der Waals surface area contributed by atoms with Gasteiger partial charge >= 0.3 is 0 Å². The van der Waals surface area contributed by atoms with Crippen LogP contribution in [0.2, 0.25) is 0 Å². The van der Waals surface area contributed by atoms with Crippen molar-refractivity contribution in [2.24, 2.45) is 5.92 Å². The van der Waals surface area contributed by atoms with Gasteiger partial charge in [-0.1, -0.05) is 0 Å². The first-order valence-corrected chi connectivity index (χ1v) is 7.19. The molecule has 4 heteroatoms. The third-order valence-corrected chi connectivity index (χ3v) is 4.84. The molecule has 19 heavy (non-hydrogen) atoms. The molecule has 3 aliphatic rings. The van der Waals surface area contributed by atoms with E-state index in [9.17, 15) is 0 Å². The molecule has 1 unspecified atom stereocenters. The van der Waals surface area contributed by atoms with Gasteiger partial charge in [0.15, 0.2) is 0 Å². The number of benzene rings is 1. The average molecular weight is 256 g/mol. The molecule has 1 atom stereocenters. The van der Waals surface area contributed by atoms with Crippen LogP contribution >= 0.6 is 0 Å². The van der Waals surface area contributed by atoms with E-state index in [1.807, 2.05) is 12.1 Å². The van der Waals surface area contributed by atoms with Crippen molar-refractivity contribution in [1.29, 1.82) is 0 Å². The molecule has 1 aromatic heterocycles. The molecule has 100 valence electrons. The molecule has 2 bridgehead atoms. The lowest BCUT2D eigenvalue weighted by Gasteiger charge is -2.45. The molecule has 0 radical (unpaired) electrons. The van der Waals surface area contributed by atoms with Crippen LogP contribution < -0.4 is 5.73 Å². The fourth-order valence-corrected chi connectivity index (χ4v) is 3.88. The molecule has 3 saturated heterocycles. The van der Waals surface area contributed by atoms with Gasteiger partial charge in [0.25, 0.3) is 0 Å². The lowest BCUT2D eigenvalue weighted by atomic mass is 9.83. The van der Waals surface area contributed by atoms with Gasteiger partial charge in [0.1, 0.15) is 5.82 Å². The van der Waals surface area contributed by atoms with Crippen molar-refractivity contribution in [2.45, 2.75) is 25.8 Å². The minimum absolute atomic E-state index is 0.594. The van der Waals surface area contributed by atoms with Crippen LogP contribution in [0.25, 0.3) is 11.0 Å². The number of piperidine rings is 3. The number of nitrogens with zero attached hydrogens (tertiary/aromatic N) is 3. The van der Waals surface area contributed by atoms with E-state index in [2.05, 4.69) is 22.5 Å². The number of hydrogen-bond acceptors (Lipinski definition) is 3. The highest BCUT2D eigenvalue weighted by Crippen LogP contribution is 2.38. The van der Waals surface area contributed by atoms with Crippen molar-refractivity contribution in [1.82, 2.24) is 14.5 Å². The summed E-state index contributed by atoms with van der Waals surface area (Å²) >= 11 is 0. The van der Waals surface area contributed by atoms with E-state index in [0.717, 1.165) is 22.9 Å². The van der Waals surface area contributed by atoms with E-state index in [-0.39, 0.29) is 0 Å². The summed E-state index contributed by atoms with van der Waals surface area (Å²) in [7, 11) is 0. The molecule has 2 N–H and O–H groups in total. The fourth-order valence-electron chi connectivity index (χ4n) is 3.88. The van der Waals surface area contributed by atoms with Gasteiger partial charge in [0, 0.05) is 12.2 Å². The van der Waals surface area contributed by atoms with Crippen LogP contribution in [0.1, 0.15) is 24.7 Å². The minimum Gasteiger partial charge on any atom is -0.399 e. The number of aromatic nitrogens is 2. The molecule has 4 nitrogen and oxygen atoms in total. The first kappa shape index (κ1) is 11.3. The average Bonchev–Trinajstić information content (AvgIpc) is 2.75. The molecule has 5 rings (SSSR count). The highest BCUT2D eigenvalue weighted by atomic mass is 15.2. The smallest absolute Gasteiger partial charge is 0.107 e. The third kappa shape index (κ3) is 1.66. The van der Waals surface area contributed by atoms with Gasteiger partial charge < -0.3 is 15.2 Å². The predicted octanol–water partition coefficient (Wildman–Crippen LogP) is 2.19. The number of nitrogens with two attached hydrogens (primary N) is 1. The van der Waals surface area contributed by atoms with Crippen molar-refractivity contribution in [3.63, 3.8) is 0 Å². The molecule has 3 fully saturated rings. The van der Waals surface area contributed by atoms with Crippen molar-refractivity contribution in [3.05, 3.63) is 24.0 Å². The summed E-state index contributed by atoms with van der Waals surface area (Å²) in [5.41, 5.74) is 8.94. The molecule has 0 aliphatic carbocycles. The maximum absolute atomic E-state index is 5.86. The summed E-state index contributed by atoms with van der Waals surface area (Å²) in [6.45, 7) is 5.86. The summed E-state index contributed by atoms with van der Waals surface area (Å²) in [6, 6.07) is 6.69. The van der Waals surface area contributed by atoms with Gasteiger partial charge in [-0.15, -0.1) is 0 Å². The normalized spacial score (nSPS) is 30.1. The Labute approximate surface area is 113 Å². The minimum atomic E-state index is 0.594. The van der Waals surface area contributed by atoms with Crippen molar-refractivity contribution in [3.8, 4) is 0 Å². The van der Waals surface area contributed by atoms with E-state index in [0.29, 0.717) is 6.04 Å². The number of imidazole rings is 1. The lowest BCUT2D eigenvalue weighted by Crippen LogP contribution is -2.48. The quantitative estimate of drug-likeness (QED) is 0.796. The lowest BCUT2D eigenvalue weighted by molar-refractivity contribution is 0.0579. The van der Waals surface area contributed by atoms with Gasteiger partial charge in [-0.25, -0.2) is 4.98 Å². The van der Waals surface area contributed by atoms with Crippen LogP contribution in [0, 0.1) is 12.8 Å². The zero-order valence-electron chi connectivity index (χ0n) is 11.3. The van der Waals surface area contributed by atoms with Gasteiger partial charge in [0.2, 0.25) is 0 Å². The Balaban J connectivity index is 1.84. The zero-order chi connectivity index (χ0) is 13.0. The van der Waals surface area contributed by atoms with Crippen molar-refractivity contribution in [2.75, 3.05) is 25.4 Å². The second-order valence-corrected chi connectivity index (χ2v) is 5.98. The van der Waals surface area contributed by atoms with Gasteiger partial charge in [-0.05, 0) is 57.0 Å². The van der Waals surface area contributed by atoms with Crippen LogP contribution in [0.15, 0.2) is 18.2 Å². The Hall–Kier alpha value is -1.55. The first-order valence-electron chi connectivity index (χ1n) is 7.19. The number of fused-ring (bicyclic) bond motifs is 4. The van der Waals surface area contributed by atoms with Crippen LogP contribution in [-0.4, -0.2) is 34.1 Å². The van der Waals surface area contributed by atoms with E-state index in [1.54, 1.807) is 0 Å².